The monoisotopic (exact) mass is 547 g/mol. The fourth-order valence-corrected chi connectivity index (χ4v) is 7.16. The van der Waals surface area contributed by atoms with Gasteiger partial charge in [0.15, 0.2) is 17.3 Å². The number of halogens is 2. The molecule has 4 aromatic rings. The van der Waals surface area contributed by atoms with Crippen LogP contribution >= 0.6 is 11.6 Å². The number of carbonyl (C=O) groups excluding carboxylic acids is 3. The normalized spacial score (nSPS) is 21.9. The highest BCUT2D eigenvalue weighted by Gasteiger charge is 2.71. The van der Waals surface area contributed by atoms with Crippen LogP contribution in [0.15, 0.2) is 97.1 Å². The lowest BCUT2D eigenvalue weighted by atomic mass is 9.64. The van der Waals surface area contributed by atoms with Crippen LogP contribution in [0.1, 0.15) is 53.7 Å². The van der Waals surface area contributed by atoms with Crippen molar-refractivity contribution in [3.05, 3.63) is 141 Å². The minimum absolute atomic E-state index is 0.242. The number of aryl methyl sites for hydroxylation is 1. The van der Waals surface area contributed by atoms with Crippen LogP contribution in [0.2, 0.25) is 5.02 Å². The molecule has 1 spiro atoms. The number of benzene rings is 4. The number of hydrogen-bond donors (Lipinski definition) is 0. The molecule has 3 unspecified atom stereocenters. The predicted molar refractivity (Wildman–Crippen MR) is 153 cm³/mol. The zero-order chi connectivity index (χ0) is 27.8. The average molecular weight is 548 g/mol. The van der Waals surface area contributed by atoms with Crippen LogP contribution in [0.4, 0.5) is 10.1 Å². The topological polar surface area (TPSA) is 54.5 Å². The maximum atomic E-state index is 14.6. The van der Waals surface area contributed by atoms with Gasteiger partial charge in [0, 0.05) is 38.9 Å². The van der Waals surface area contributed by atoms with E-state index in [0.29, 0.717) is 38.5 Å². The summed E-state index contributed by atoms with van der Waals surface area (Å²) in [6.07, 6.45) is 3.52. The maximum absolute atomic E-state index is 14.6. The number of carbonyl (C=O) groups is 3. The van der Waals surface area contributed by atoms with Crippen molar-refractivity contribution in [2.75, 3.05) is 4.90 Å². The molecular formula is C34H23ClFNO3. The minimum Gasteiger partial charge on any atom is -0.352 e. The maximum Gasteiger partial charge on any atom is 0.185 e. The van der Waals surface area contributed by atoms with E-state index >= 15 is 0 Å². The Hall–Kier alpha value is -4.35. The van der Waals surface area contributed by atoms with Crippen LogP contribution in [0, 0.1) is 18.2 Å². The highest BCUT2D eigenvalue weighted by molar-refractivity contribution is 6.34. The summed E-state index contributed by atoms with van der Waals surface area (Å²) in [5, 5.41) is 0.369. The van der Waals surface area contributed by atoms with E-state index in [2.05, 4.69) is 0 Å². The molecule has 4 nitrogen and oxygen atoms in total. The summed E-state index contributed by atoms with van der Waals surface area (Å²) >= 11 is 6.81. The molecule has 6 heteroatoms. The smallest absolute Gasteiger partial charge is 0.185 e. The lowest BCUT2D eigenvalue weighted by Crippen LogP contribution is -2.48. The zero-order valence-corrected chi connectivity index (χ0v) is 22.2. The van der Waals surface area contributed by atoms with E-state index in [1.807, 2.05) is 24.0 Å². The van der Waals surface area contributed by atoms with Gasteiger partial charge in [-0.15, -0.1) is 0 Å². The number of anilines is 1. The molecule has 3 atom stereocenters. The van der Waals surface area contributed by atoms with Crippen molar-refractivity contribution in [1.29, 1.82) is 0 Å². The van der Waals surface area contributed by atoms with E-state index in [0.717, 1.165) is 5.56 Å². The van der Waals surface area contributed by atoms with Gasteiger partial charge in [0.05, 0.1) is 6.04 Å². The first-order chi connectivity index (χ1) is 19.3. The van der Waals surface area contributed by atoms with E-state index in [9.17, 15) is 18.8 Å². The Kier molecular flexibility index (Phi) is 5.45. The molecule has 0 N–H and O–H groups in total. The van der Waals surface area contributed by atoms with Crippen LogP contribution < -0.4 is 4.90 Å². The molecule has 0 bridgehead atoms. The molecule has 3 aliphatic rings. The van der Waals surface area contributed by atoms with Gasteiger partial charge in [-0.05, 0) is 36.8 Å². The highest BCUT2D eigenvalue weighted by atomic mass is 35.5. The number of Topliss-reactive ketones (excluding diaryl/α,β-unsaturated/α-hetero) is 3. The lowest BCUT2D eigenvalue weighted by Gasteiger charge is -2.37. The van der Waals surface area contributed by atoms with Crippen LogP contribution in [0.3, 0.4) is 0 Å². The summed E-state index contributed by atoms with van der Waals surface area (Å²) in [7, 11) is 0. The highest BCUT2D eigenvalue weighted by Crippen LogP contribution is 2.61. The van der Waals surface area contributed by atoms with Crippen LogP contribution in [0.5, 0.6) is 0 Å². The van der Waals surface area contributed by atoms with Crippen molar-refractivity contribution in [3.63, 3.8) is 0 Å². The number of nitrogens with zero attached hydrogens (tertiary/aromatic N) is 1. The van der Waals surface area contributed by atoms with Crippen LogP contribution in [-0.4, -0.2) is 29.4 Å². The molecule has 4 aromatic carbocycles. The minimum atomic E-state index is -1.65. The van der Waals surface area contributed by atoms with Gasteiger partial charge in [0.2, 0.25) is 0 Å². The third-order valence-corrected chi connectivity index (χ3v) is 8.95. The molecule has 0 saturated carbocycles. The largest absolute Gasteiger partial charge is 0.352 e. The number of hydrogen-bond acceptors (Lipinski definition) is 4. The Morgan fingerprint density at radius 1 is 0.875 bits per heavy atom. The van der Waals surface area contributed by atoms with Gasteiger partial charge in [-0.1, -0.05) is 96.0 Å². The van der Waals surface area contributed by atoms with E-state index in [1.54, 1.807) is 78.9 Å². The van der Waals surface area contributed by atoms with Crippen LogP contribution in [0.25, 0.3) is 6.08 Å². The van der Waals surface area contributed by atoms with Gasteiger partial charge in [0.1, 0.15) is 17.3 Å². The lowest BCUT2D eigenvalue weighted by molar-refractivity contribution is 0.0666. The molecule has 1 saturated heterocycles. The third-order valence-electron chi connectivity index (χ3n) is 8.61. The molecule has 2 heterocycles. The Morgan fingerprint density at radius 3 is 2.20 bits per heavy atom. The van der Waals surface area contributed by atoms with Gasteiger partial charge >= 0.3 is 0 Å². The Morgan fingerprint density at radius 2 is 1.52 bits per heavy atom. The second kappa shape index (κ2) is 8.83. The van der Waals surface area contributed by atoms with E-state index in [-0.39, 0.29) is 17.3 Å². The standard InChI is InChI=1S/C34H23ClFNO3/c1-19-10-12-20(13-11-19)31(38)30-29(25-8-4-5-9-26(25)35)34(32(39)23-6-2-3-7-24(23)33(34)40)28-17-14-21-18-22(36)15-16-27(21)37(28)30/h2-18,28-30H,1H3. The van der Waals surface area contributed by atoms with Gasteiger partial charge in [0.25, 0.3) is 0 Å². The van der Waals surface area contributed by atoms with E-state index < -0.39 is 29.2 Å². The fraction of sp³-hybridized carbons (Fsp3) is 0.147. The molecule has 1 aliphatic carbocycles. The first kappa shape index (κ1) is 24.7. The van der Waals surface area contributed by atoms with Gasteiger partial charge in [-0.25, -0.2) is 4.39 Å². The van der Waals surface area contributed by atoms with Gasteiger partial charge in [-0.2, -0.15) is 0 Å². The summed E-state index contributed by atoms with van der Waals surface area (Å²) in [5.74, 6) is -2.23. The van der Waals surface area contributed by atoms with E-state index in [1.165, 1.54) is 12.1 Å². The van der Waals surface area contributed by atoms with Crippen molar-refractivity contribution in [1.82, 2.24) is 0 Å². The number of fused-ring (bicyclic) bond motifs is 5. The Bertz CT molecular complexity index is 1740. The third kappa shape index (κ3) is 3.21. The van der Waals surface area contributed by atoms with E-state index in [4.69, 9.17) is 11.6 Å². The molecule has 2 aliphatic heterocycles. The second-order valence-electron chi connectivity index (χ2n) is 10.7. The van der Waals surface area contributed by atoms with Gasteiger partial charge in [-0.3, -0.25) is 14.4 Å². The zero-order valence-electron chi connectivity index (χ0n) is 21.5. The molecule has 7 rings (SSSR count). The van der Waals surface area contributed by atoms with Gasteiger partial charge < -0.3 is 4.90 Å². The van der Waals surface area contributed by atoms with Crippen molar-refractivity contribution >= 4 is 40.7 Å². The molecule has 0 aromatic heterocycles. The number of rotatable bonds is 3. The summed E-state index contributed by atoms with van der Waals surface area (Å²) in [6, 6.07) is 23.8. The first-order valence-electron chi connectivity index (χ1n) is 13.1. The van der Waals surface area contributed by atoms with Crippen LogP contribution in [-0.2, 0) is 0 Å². The summed E-state index contributed by atoms with van der Waals surface area (Å²) in [4.78, 5) is 45.7. The molecule has 40 heavy (non-hydrogen) atoms. The summed E-state index contributed by atoms with van der Waals surface area (Å²) in [6.45, 7) is 1.94. The van der Waals surface area contributed by atoms with Crippen molar-refractivity contribution < 1.29 is 18.8 Å². The first-order valence-corrected chi connectivity index (χ1v) is 13.5. The molecule has 0 radical (unpaired) electrons. The molecule has 196 valence electrons. The summed E-state index contributed by atoms with van der Waals surface area (Å²) in [5.41, 5.74) is 2.19. The summed E-state index contributed by atoms with van der Waals surface area (Å²) < 4.78 is 14.3. The fourth-order valence-electron chi connectivity index (χ4n) is 6.91. The number of ketones is 3. The Balaban J connectivity index is 1.56. The Labute approximate surface area is 235 Å². The van der Waals surface area contributed by atoms with Crippen molar-refractivity contribution in [3.8, 4) is 0 Å². The molecular weight excluding hydrogens is 525 g/mol. The molecule has 1 fully saturated rings. The van der Waals surface area contributed by atoms with Crippen molar-refractivity contribution in [2.24, 2.45) is 5.41 Å². The average Bonchev–Trinajstić information content (AvgIpc) is 3.39. The predicted octanol–water partition coefficient (Wildman–Crippen LogP) is 7.10. The quantitative estimate of drug-likeness (QED) is 0.203. The second-order valence-corrected chi connectivity index (χ2v) is 11.1. The van der Waals surface area contributed by atoms with Crippen molar-refractivity contribution in [2.45, 2.75) is 24.9 Å². The SMILES string of the molecule is Cc1ccc(C(=O)C2C(c3ccccc3Cl)C3(C(=O)c4ccccc4C3=O)C3C=Cc4cc(F)ccc4N23)cc1. The molecule has 0 amide bonds.